The van der Waals surface area contributed by atoms with Crippen LogP contribution in [0.5, 0.6) is 5.75 Å². The second kappa shape index (κ2) is 7.87. The highest BCUT2D eigenvalue weighted by Crippen LogP contribution is 2.67. The van der Waals surface area contributed by atoms with E-state index in [4.69, 9.17) is 31.9 Å². The molecule has 1 amide bonds. The van der Waals surface area contributed by atoms with Crippen LogP contribution in [0.25, 0.3) is 0 Å². The van der Waals surface area contributed by atoms with E-state index < -0.39 is 35.2 Å². The van der Waals surface area contributed by atoms with E-state index in [0.717, 1.165) is 6.07 Å². The molecule has 0 aliphatic heterocycles. The van der Waals surface area contributed by atoms with Crippen molar-refractivity contribution in [3.05, 3.63) is 29.0 Å². The summed E-state index contributed by atoms with van der Waals surface area (Å²) in [5, 5.41) is 18.8. The molecule has 4 fully saturated rings. The minimum Gasteiger partial charge on any atom is -0.484 e. The lowest BCUT2D eigenvalue weighted by Crippen LogP contribution is -2.77. The highest BCUT2D eigenvalue weighted by Gasteiger charge is 2.71. The van der Waals surface area contributed by atoms with Gasteiger partial charge in [-0.05, 0) is 44.2 Å². The summed E-state index contributed by atoms with van der Waals surface area (Å²) >= 11 is 5.59. The molecule has 0 radical (unpaired) electrons. The minimum absolute atomic E-state index is 0.0239. The molecule has 2 bridgehead atoms. The molecule has 0 spiro atoms. The van der Waals surface area contributed by atoms with Gasteiger partial charge in [0.25, 0.3) is 5.91 Å². The Balaban J connectivity index is 1.17. The fraction of sp³-hybridized carbons (Fsp3) is 0.550. The first-order chi connectivity index (χ1) is 14.9. The standard InChI is InChI=1S/C20H20ClF4N3O4/c21-13-2-1-11(5-14(13)22)30-6-15(29)28-19-7-18(8-19,9-19)17(27)31-16(26)10-3-12(4-10)32-20(23,24)25/h1-2,5,10,12,26-27H,3-4,6-9H2,(H,28,29). The number of nitrogens with one attached hydrogen (secondary N) is 3. The van der Waals surface area contributed by atoms with Gasteiger partial charge in [-0.1, -0.05) is 11.6 Å². The third-order valence-electron chi connectivity index (χ3n) is 6.16. The van der Waals surface area contributed by atoms with Gasteiger partial charge < -0.3 is 14.8 Å². The van der Waals surface area contributed by atoms with Crippen LogP contribution in [-0.2, 0) is 14.3 Å². The van der Waals surface area contributed by atoms with E-state index in [1.807, 2.05) is 0 Å². The molecule has 1 aromatic rings. The summed E-state index contributed by atoms with van der Waals surface area (Å²) in [4.78, 5) is 12.2. The van der Waals surface area contributed by atoms with Crippen molar-refractivity contribution in [2.75, 3.05) is 6.61 Å². The topological polar surface area (TPSA) is 104 Å². The van der Waals surface area contributed by atoms with Gasteiger partial charge in [-0.2, -0.15) is 0 Å². The molecule has 7 nitrogen and oxygen atoms in total. The van der Waals surface area contributed by atoms with E-state index in [-0.39, 0.29) is 47.9 Å². The van der Waals surface area contributed by atoms with Crippen molar-refractivity contribution >= 4 is 29.3 Å². The summed E-state index contributed by atoms with van der Waals surface area (Å²) < 4.78 is 64.4. The van der Waals surface area contributed by atoms with E-state index in [2.05, 4.69) is 10.1 Å². The van der Waals surface area contributed by atoms with E-state index in [1.54, 1.807) is 0 Å². The number of carbonyl (C=O) groups excluding carboxylic acids is 1. The highest BCUT2D eigenvalue weighted by atomic mass is 35.5. The molecule has 0 heterocycles. The Hall–Kier alpha value is -2.40. The molecule has 4 aliphatic rings. The van der Waals surface area contributed by atoms with E-state index in [9.17, 15) is 22.4 Å². The van der Waals surface area contributed by atoms with Crippen LogP contribution < -0.4 is 10.1 Å². The van der Waals surface area contributed by atoms with E-state index in [1.165, 1.54) is 12.1 Å². The Morgan fingerprint density at radius 2 is 1.88 bits per heavy atom. The molecule has 5 rings (SSSR count). The van der Waals surface area contributed by atoms with Gasteiger partial charge >= 0.3 is 6.36 Å². The van der Waals surface area contributed by atoms with Gasteiger partial charge in [-0.25, -0.2) is 4.39 Å². The number of amides is 1. The van der Waals surface area contributed by atoms with Crippen LogP contribution in [0.1, 0.15) is 32.1 Å². The van der Waals surface area contributed by atoms with Crippen molar-refractivity contribution < 1.29 is 36.6 Å². The van der Waals surface area contributed by atoms with Crippen LogP contribution in [-0.4, -0.2) is 42.3 Å². The van der Waals surface area contributed by atoms with Gasteiger partial charge in [-0.3, -0.25) is 20.3 Å². The van der Waals surface area contributed by atoms with Gasteiger partial charge in [0, 0.05) is 17.5 Å². The smallest absolute Gasteiger partial charge is 0.484 e. The molecular weight excluding hydrogens is 458 g/mol. The number of ether oxygens (including phenoxy) is 3. The normalized spacial score (nSPS) is 30.3. The van der Waals surface area contributed by atoms with Gasteiger partial charge in [-0.15, -0.1) is 13.2 Å². The first kappa shape index (κ1) is 22.8. The number of benzene rings is 1. The second-order valence-corrected chi connectivity index (χ2v) is 9.06. The van der Waals surface area contributed by atoms with Crippen molar-refractivity contribution in [2.45, 2.75) is 50.1 Å². The maximum Gasteiger partial charge on any atom is 0.522 e. The molecule has 0 unspecified atom stereocenters. The molecular formula is C20H20ClF4N3O4. The second-order valence-electron chi connectivity index (χ2n) is 8.65. The Bertz CT molecular complexity index is 945. The summed E-state index contributed by atoms with van der Waals surface area (Å²) in [5.41, 5.74) is -1.03. The summed E-state index contributed by atoms with van der Waals surface area (Å²) in [7, 11) is 0. The van der Waals surface area contributed by atoms with E-state index >= 15 is 0 Å². The average Bonchev–Trinajstić information content (AvgIpc) is 2.59. The monoisotopic (exact) mass is 477 g/mol. The van der Waals surface area contributed by atoms with Crippen LogP contribution in [0, 0.1) is 28.0 Å². The summed E-state index contributed by atoms with van der Waals surface area (Å²) in [5.74, 6) is -1.71. The number of carbonyl (C=O) groups is 1. The molecule has 4 aliphatic carbocycles. The molecule has 32 heavy (non-hydrogen) atoms. The lowest BCUT2D eigenvalue weighted by atomic mass is 9.39. The van der Waals surface area contributed by atoms with Crippen LogP contribution in [0.15, 0.2) is 18.2 Å². The summed E-state index contributed by atoms with van der Waals surface area (Å²) in [6.07, 6.45) is -4.23. The first-order valence-electron chi connectivity index (χ1n) is 9.87. The predicted molar refractivity (Wildman–Crippen MR) is 104 cm³/mol. The molecule has 0 aromatic heterocycles. The van der Waals surface area contributed by atoms with Gasteiger partial charge in [0.2, 0.25) is 0 Å². The summed E-state index contributed by atoms with van der Waals surface area (Å²) in [6, 6.07) is 3.85. The summed E-state index contributed by atoms with van der Waals surface area (Å²) in [6.45, 7) is -0.308. The van der Waals surface area contributed by atoms with Crippen LogP contribution in [0.4, 0.5) is 17.6 Å². The van der Waals surface area contributed by atoms with Crippen molar-refractivity contribution in [3.8, 4) is 5.75 Å². The molecule has 0 atom stereocenters. The van der Waals surface area contributed by atoms with E-state index in [0.29, 0.717) is 19.3 Å². The zero-order valence-electron chi connectivity index (χ0n) is 16.7. The lowest BCUT2D eigenvalue weighted by molar-refractivity contribution is -0.352. The molecule has 0 saturated heterocycles. The number of alkyl halides is 3. The molecule has 3 N–H and O–H groups in total. The Morgan fingerprint density at radius 1 is 1.22 bits per heavy atom. The van der Waals surface area contributed by atoms with Crippen molar-refractivity contribution in [1.82, 2.24) is 5.32 Å². The zero-order valence-corrected chi connectivity index (χ0v) is 17.4. The van der Waals surface area contributed by atoms with Gasteiger partial charge in [0.1, 0.15) is 11.6 Å². The lowest BCUT2D eigenvalue weighted by Gasteiger charge is -2.69. The average molecular weight is 478 g/mol. The Morgan fingerprint density at radius 3 is 2.47 bits per heavy atom. The van der Waals surface area contributed by atoms with Crippen LogP contribution in [0.3, 0.4) is 0 Å². The molecule has 174 valence electrons. The highest BCUT2D eigenvalue weighted by molar-refractivity contribution is 6.30. The quantitative estimate of drug-likeness (QED) is 0.311. The first-order valence-corrected chi connectivity index (χ1v) is 10.3. The maximum absolute atomic E-state index is 13.4. The fourth-order valence-corrected chi connectivity index (χ4v) is 4.69. The molecule has 12 heteroatoms. The number of rotatable bonds is 7. The van der Waals surface area contributed by atoms with Gasteiger partial charge in [0.15, 0.2) is 18.4 Å². The Kier molecular flexibility index (Phi) is 5.61. The number of halogens is 5. The minimum atomic E-state index is -4.70. The Labute approximate surface area is 185 Å². The molecule has 4 saturated carbocycles. The SMILES string of the molecule is N=C(OC(=N)C12CC(NC(=O)COc3ccc(Cl)c(F)c3)(C1)C2)C1CC(OC(F)(F)F)C1. The van der Waals surface area contributed by atoms with Crippen molar-refractivity contribution in [1.29, 1.82) is 10.8 Å². The van der Waals surface area contributed by atoms with Crippen LogP contribution in [0.2, 0.25) is 5.02 Å². The van der Waals surface area contributed by atoms with Crippen molar-refractivity contribution in [2.24, 2.45) is 11.3 Å². The van der Waals surface area contributed by atoms with Crippen molar-refractivity contribution in [3.63, 3.8) is 0 Å². The van der Waals surface area contributed by atoms with Crippen LogP contribution >= 0.6 is 11.6 Å². The fourth-order valence-electron chi connectivity index (χ4n) is 4.58. The van der Waals surface area contributed by atoms with Gasteiger partial charge in [0.05, 0.1) is 16.5 Å². The molecule has 1 aromatic carbocycles. The number of hydrogen-bond acceptors (Lipinski definition) is 6. The predicted octanol–water partition coefficient (Wildman–Crippen LogP) is 4.18. The zero-order chi connectivity index (χ0) is 23.3. The number of hydrogen-bond donors (Lipinski definition) is 3. The maximum atomic E-state index is 13.4. The third kappa shape index (κ3) is 4.54. The largest absolute Gasteiger partial charge is 0.522 e. The third-order valence-corrected chi connectivity index (χ3v) is 6.46.